The maximum absolute atomic E-state index is 12.0. The molecule has 5 nitrogen and oxygen atoms in total. The van der Waals surface area contributed by atoms with Gasteiger partial charge < -0.3 is 20.7 Å². The lowest BCUT2D eigenvalue weighted by Gasteiger charge is -2.15. The van der Waals surface area contributed by atoms with Crippen molar-refractivity contribution >= 4 is 11.6 Å². The number of amides is 1. The van der Waals surface area contributed by atoms with Gasteiger partial charge in [-0.05, 0) is 44.1 Å². The Morgan fingerprint density at radius 1 is 1.42 bits per heavy atom. The number of nitrogens with two attached hydrogens (primary N) is 1. The number of carbonyl (C=O) groups is 1. The molecule has 0 spiro atoms. The minimum atomic E-state index is -0.143. The SMILES string of the molecule is COc1ccc(N)c(C(=O)NCCN2CCCC2)c1. The van der Waals surface area contributed by atoms with Crippen molar-refractivity contribution in [1.29, 1.82) is 0 Å². The van der Waals surface area contributed by atoms with Crippen LogP contribution in [0.25, 0.3) is 0 Å². The predicted octanol–water partition coefficient (Wildman–Crippen LogP) is 1.10. The lowest BCUT2D eigenvalue weighted by Crippen LogP contribution is -2.33. The molecule has 1 saturated heterocycles. The van der Waals surface area contributed by atoms with Crippen LogP contribution in [0, 0.1) is 0 Å². The summed E-state index contributed by atoms with van der Waals surface area (Å²) in [6, 6.07) is 5.10. The Labute approximate surface area is 113 Å². The molecule has 3 N–H and O–H groups in total. The van der Waals surface area contributed by atoms with Crippen molar-refractivity contribution in [2.45, 2.75) is 12.8 Å². The van der Waals surface area contributed by atoms with Crippen LogP contribution >= 0.6 is 0 Å². The molecule has 2 rings (SSSR count). The van der Waals surface area contributed by atoms with E-state index in [4.69, 9.17) is 10.5 Å². The second-order valence-corrected chi connectivity index (χ2v) is 4.76. The van der Waals surface area contributed by atoms with Crippen molar-refractivity contribution in [3.63, 3.8) is 0 Å². The highest BCUT2D eigenvalue weighted by Crippen LogP contribution is 2.19. The number of methoxy groups -OCH3 is 1. The number of nitrogens with zero attached hydrogens (tertiary/aromatic N) is 1. The summed E-state index contributed by atoms with van der Waals surface area (Å²) in [4.78, 5) is 14.4. The van der Waals surface area contributed by atoms with Crippen molar-refractivity contribution in [3.8, 4) is 5.75 Å². The van der Waals surface area contributed by atoms with E-state index in [1.54, 1.807) is 25.3 Å². The molecule has 19 heavy (non-hydrogen) atoms. The van der Waals surface area contributed by atoms with Crippen LogP contribution < -0.4 is 15.8 Å². The standard InChI is InChI=1S/C14H21N3O2/c1-19-11-4-5-13(15)12(10-11)14(18)16-6-9-17-7-2-3-8-17/h4-5,10H,2-3,6-9,15H2,1H3,(H,16,18). The van der Waals surface area contributed by atoms with Crippen LogP contribution in [0.1, 0.15) is 23.2 Å². The molecule has 1 aliphatic rings. The molecule has 0 bridgehead atoms. The summed E-state index contributed by atoms with van der Waals surface area (Å²) in [7, 11) is 1.57. The Bertz CT molecular complexity index is 442. The summed E-state index contributed by atoms with van der Waals surface area (Å²) in [6.45, 7) is 3.82. The first-order chi connectivity index (χ1) is 9.20. The van der Waals surface area contributed by atoms with Gasteiger partial charge in [0.25, 0.3) is 5.91 Å². The number of ether oxygens (including phenoxy) is 1. The molecule has 1 heterocycles. The van der Waals surface area contributed by atoms with Crippen LogP contribution in [0.5, 0.6) is 5.75 Å². The summed E-state index contributed by atoms with van der Waals surface area (Å²) >= 11 is 0. The van der Waals surface area contributed by atoms with Crippen molar-refractivity contribution in [3.05, 3.63) is 23.8 Å². The highest BCUT2D eigenvalue weighted by atomic mass is 16.5. The fraction of sp³-hybridized carbons (Fsp3) is 0.500. The van der Waals surface area contributed by atoms with Crippen molar-refractivity contribution in [2.24, 2.45) is 0 Å². The molecule has 104 valence electrons. The van der Waals surface area contributed by atoms with Gasteiger partial charge in [0.15, 0.2) is 0 Å². The topological polar surface area (TPSA) is 67.6 Å². The van der Waals surface area contributed by atoms with E-state index in [9.17, 15) is 4.79 Å². The average Bonchev–Trinajstić information content (AvgIpc) is 2.92. The number of nitrogen functional groups attached to an aromatic ring is 1. The van der Waals surface area contributed by atoms with E-state index in [1.807, 2.05) is 0 Å². The van der Waals surface area contributed by atoms with Crippen LogP contribution in [-0.4, -0.2) is 44.1 Å². The summed E-state index contributed by atoms with van der Waals surface area (Å²) in [5, 5.41) is 2.90. The largest absolute Gasteiger partial charge is 0.497 e. The number of carbonyl (C=O) groups excluding carboxylic acids is 1. The minimum absolute atomic E-state index is 0.143. The zero-order chi connectivity index (χ0) is 13.7. The van der Waals surface area contributed by atoms with Gasteiger partial charge in [-0.25, -0.2) is 0 Å². The second kappa shape index (κ2) is 6.43. The summed E-state index contributed by atoms with van der Waals surface area (Å²) < 4.78 is 5.10. The predicted molar refractivity (Wildman–Crippen MR) is 75.4 cm³/mol. The van der Waals surface area contributed by atoms with E-state index in [-0.39, 0.29) is 5.91 Å². The maximum Gasteiger partial charge on any atom is 0.253 e. The molecule has 0 aromatic heterocycles. The number of likely N-dealkylation sites (tertiary alicyclic amines) is 1. The van der Waals surface area contributed by atoms with E-state index in [1.165, 1.54) is 12.8 Å². The smallest absolute Gasteiger partial charge is 0.253 e. The zero-order valence-corrected chi connectivity index (χ0v) is 11.3. The van der Waals surface area contributed by atoms with Crippen molar-refractivity contribution in [1.82, 2.24) is 10.2 Å². The molecule has 0 unspecified atom stereocenters. The number of benzene rings is 1. The molecular weight excluding hydrogens is 242 g/mol. The molecule has 1 fully saturated rings. The first-order valence-electron chi connectivity index (χ1n) is 6.65. The van der Waals surface area contributed by atoms with E-state index in [2.05, 4.69) is 10.2 Å². The Balaban J connectivity index is 1.88. The fourth-order valence-electron chi connectivity index (χ4n) is 2.29. The first-order valence-corrected chi connectivity index (χ1v) is 6.65. The van der Waals surface area contributed by atoms with Crippen LogP contribution in [0.15, 0.2) is 18.2 Å². The van der Waals surface area contributed by atoms with Crippen LogP contribution in [-0.2, 0) is 0 Å². The lowest BCUT2D eigenvalue weighted by molar-refractivity contribution is 0.0950. The first kappa shape index (κ1) is 13.7. The third-order valence-corrected chi connectivity index (χ3v) is 3.42. The zero-order valence-electron chi connectivity index (χ0n) is 11.3. The summed E-state index contributed by atoms with van der Waals surface area (Å²) in [5.74, 6) is 0.495. The number of hydrogen-bond donors (Lipinski definition) is 2. The molecule has 0 aliphatic carbocycles. The molecule has 0 radical (unpaired) electrons. The summed E-state index contributed by atoms with van der Waals surface area (Å²) in [6.07, 6.45) is 2.52. The van der Waals surface area contributed by atoms with Gasteiger partial charge in [-0.2, -0.15) is 0 Å². The van der Waals surface area contributed by atoms with E-state index < -0.39 is 0 Å². The van der Waals surface area contributed by atoms with Gasteiger partial charge in [0, 0.05) is 18.8 Å². The van der Waals surface area contributed by atoms with Crippen molar-refractivity contribution in [2.75, 3.05) is 39.0 Å². The van der Waals surface area contributed by atoms with Gasteiger partial charge in [-0.3, -0.25) is 4.79 Å². The van der Waals surface area contributed by atoms with Crippen LogP contribution in [0.2, 0.25) is 0 Å². The molecule has 1 aromatic rings. The minimum Gasteiger partial charge on any atom is -0.497 e. The number of hydrogen-bond acceptors (Lipinski definition) is 4. The van der Waals surface area contributed by atoms with E-state index >= 15 is 0 Å². The highest BCUT2D eigenvalue weighted by molar-refractivity contribution is 5.99. The number of anilines is 1. The van der Waals surface area contributed by atoms with Gasteiger partial charge in [0.1, 0.15) is 5.75 Å². The van der Waals surface area contributed by atoms with Crippen molar-refractivity contribution < 1.29 is 9.53 Å². The molecule has 1 aliphatic heterocycles. The molecular formula is C14H21N3O2. The molecule has 1 amide bonds. The third kappa shape index (κ3) is 3.61. The normalized spacial score (nSPS) is 15.4. The maximum atomic E-state index is 12.0. The average molecular weight is 263 g/mol. The van der Waals surface area contributed by atoms with Gasteiger partial charge >= 0.3 is 0 Å². The Kier molecular flexibility index (Phi) is 4.63. The molecule has 1 aromatic carbocycles. The highest BCUT2D eigenvalue weighted by Gasteiger charge is 2.13. The molecule has 0 atom stereocenters. The monoisotopic (exact) mass is 263 g/mol. The Morgan fingerprint density at radius 2 is 2.16 bits per heavy atom. The van der Waals surface area contributed by atoms with E-state index in [0.717, 1.165) is 19.6 Å². The second-order valence-electron chi connectivity index (χ2n) is 4.76. The third-order valence-electron chi connectivity index (χ3n) is 3.42. The summed E-state index contributed by atoms with van der Waals surface area (Å²) in [5.41, 5.74) is 6.76. The Morgan fingerprint density at radius 3 is 2.84 bits per heavy atom. The van der Waals surface area contributed by atoms with Gasteiger partial charge in [-0.1, -0.05) is 0 Å². The number of nitrogens with one attached hydrogen (secondary N) is 1. The number of rotatable bonds is 5. The van der Waals surface area contributed by atoms with Crippen LogP contribution in [0.4, 0.5) is 5.69 Å². The lowest BCUT2D eigenvalue weighted by atomic mass is 10.1. The van der Waals surface area contributed by atoms with Gasteiger partial charge in [0.05, 0.1) is 12.7 Å². The fourth-order valence-corrected chi connectivity index (χ4v) is 2.29. The van der Waals surface area contributed by atoms with E-state index in [0.29, 0.717) is 23.5 Å². The molecule has 5 heteroatoms. The Hall–Kier alpha value is -1.75. The van der Waals surface area contributed by atoms with Gasteiger partial charge in [-0.15, -0.1) is 0 Å². The van der Waals surface area contributed by atoms with Gasteiger partial charge in [0.2, 0.25) is 0 Å². The van der Waals surface area contributed by atoms with Crippen LogP contribution in [0.3, 0.4) is 0 Å². The molecule has 0 saturated carbocycles. The quantitative estimate of drug-likeness (QED) is 0.781.